The van der Waals surface area contributed by atoms with Crippen molar-refractivity contribution >= 4 is 28.2 Å². The second-order valence-corrected chi connectivity index (χ2v) is 6.49. The number of rotatable bonds is 3. The van der Waals surface area contributed by atoms with Crippen LogP contribution in [0.5, 0.6) is 0 Å². The van der Waals surface area contributed by atoms with Crippen LogP contribution in [0.3, 0.4) is 0 Å². The molecule has 0 unspecified atom stereocenters. The SMILES string of the molecule is CO[C@@H]1C[C@@H](c2nncn2C)N(c2ccnc3ccc(Cl)cc23)C1. The number of aromatic nitrogens is 4. The number of hydrogen-bond acceptors (Lipinski definition) is 5. The third-order valence-electron chi connectivity index (χ3n) is 4.63. The summed E-state index contributed by atoms with van der Waals surface area (Å²) in [6, 6.07) is 7.91. The van der Waals surface area contributed by atoms with Crippen LogP contribution in [0.15, 0.2) is 36.8 Å². The van der Waals surface area contributed by atoms with E-state index in [0.717, 1.165) is 35.4 Å². The van der Waals surface area contributed by atoms with Crippen LogP contribution in [-0.4, -0.2) is 39.5 Å². The minimum atomic E-state index is 0.104. The van der Waals surface area contributed by atoms with Gasteiger partial charge in [0, 0.05) is 49.4 Å². The molecule has 124 valence electrons. The lowest BCUT2D eigenvalue weighted by atomic mass is 10.1. The van der Waals surface area contributed by atoms with Crippen LogP contribution >= 0.6 is 11.6 Å². The second kappa shape index (κ2) is 6.03. The molecule has 7 heteroatoms. The molecule has 0 aliphatic carbocycles. The smallest absolute Gasteiger partial charge is 0.155 e. The van der Waals surface area contributed by atoms with Crippen LogP contribution in [0.4, 0.5) is 5.69 Å². The molecule has 1 aromatic carbocycles. The number of pyridine rings is 1. The number of methoxy groups -OCH3 is 1. The van der Waals surface area contributed by atoms with E-state index in [0.29, 0.717) is 5.02 Å². The van der Waals surface area contributed by atoms with E-state index in [1.807, 2.05) is 42.1 Å². The van der Waals surface area contributed by atoms with Crippen molar-refractivity contribution in [1.82, 2.24) is 19.7 Å². The zero-order valence-electron chi connectivity index (χ0n) is 13.6. The molecule has 1 saturated heterocycles. The van der Waals surface area contributed by atoms with Gasteiger partial charge in [-0.1, -0.05) is 11.6 Å². The second-order valence-electron chi connectivity index (χ2n) is 6.05. The lowest BCUT2D eigenvalue weighted by Crippen LogP contribution is -2.26. The van der Waals surface area contributed by atoms with Gasteiger partial charge >= 0.3 is 0 Å². The summed E-state index contributed by atoms with van der Waals surface area (Å²) < 4.78 is 7.59. The van der Waals surface area contributed by atoms with E-state index in [9.17, 15) is 0 Å². The van der Waals surface area contributed by atoms with Crippen LogP contribution in [0.2, 0.25) is 5.02 Å². The highest BCUT2D eigenvalue weighted by atomic mass is 35.5. The van der Waals surface area contributed by atoms with Crippen LogP contribution in [0, 0.1) is 0 Å². The maximum absolute atomic E-state index is 6.22. The Morgan fingerprint density at radius 1 is 1.29 bits per heavy atom. The first-order valence-corrected chi connectivity index (χ1v) is 8.23. The number of anilines is 1. The van der Waals surface area contributed by atoms with Gasteiger partial charge in [-0.25, -0.2) is 0 Å². The molecule has 4 rings (SSSR count). The predicted octanol–water partition coefficient (Wildman–Crippen LogP) is 2.98. The van der Waals surface area contributed by atoms with Gasteiger partial charge < -0.3 is 14.2 Å². The Bertz CT molecular complexity index is 880. The molecule has 3 aromatic rings. The van der Waals surface area contributed by atoms with E-state index < -0.39 is 0 Å². The predicted molar refractivity (Wildman–Crippen MR) is 93.3 cm³/mol. The fourth-order valence-corrected chi connectivity index (χ4v) is 3.60. The first-order valence-electron chi connectivity index (χ1n) is 7.85. The van der Waals surface area contributed by atoms with E-state index in [1.54, 1.807) is 13.4 Å². The topological polar surface area (TPSA) is 56.1 Å². The molecule has 0 amide bonds. The van der Waals surface area contributed by atoms with Gasteiger partial charge in [-0.3, -0.25) is 4.98 Å². The molecule has 0 saturated carbocycles. The van der Waals surface area contributed by atoms with Crippen molar-refractivity contribution in [3.63, 3.8) is 0 Å². The number of benzene rings is 1. The Morgan fingerprint density at radius 2 is 2.17 bits per heavy atom. The Kier molecular flexibility index (Phi) is 3.86. The maximum Gasteiger partial charge on any atom is 0.155 e. The van der Waals surface area contributed by atoms with E-state index in [2.05, 4.69) is 20.1 Å². The van der Waals surface area contributed by atoms with Crippen molar-refractivity contribution in [2.45, 2.75) is 18.6 Å². The minimum Gasteiger partial charge on any atom is -0.380 e. The number of halogens is 1. The van der Waals surface area contributed by atoms with Crippen molar-refractivity contribution in [2.75, 3.05) is 18.6 Å². The summed E-state index contributed by atoms with van der Waals surface area (Å²) in [4.78, 5) is 6.77. The van der Waals surface area contributed by atoms with Gasteiger partial charge in [0.1, 0.15) is 6.33 Å². The lowest BCUT2D eigenvalue weighted by molar-refractivity contribution is 0.118. The Labute approximate surface area is 145 Å². The van der Waals surface area contributed by atoms with Gasteiger partial charge in [0.25, 0.3) is 0 Å². The van der Waals surface area contributed by atoms with Crippen molar-refractivity contribution < 1.29 is 4.74 Å². The van der Waals surface area contributed by atoms with Crippen molar-refractivity contribution in [1.29, 1.82) is 0 Å². The summed E-state index contributed by atoms with van der Waals surface area (Å²) in [6.07, 6.45) is 4.58. The molecule has 0 bridgehead atoms. The monoisotopic (exact) mass is 343 g/mol. The molecular formula is C17H18ClN5O. The molecule has 0 N–H and O–H groups in total. The third-order valence-corrected chi connectivity index (χ3v) is 4.87. The van der Waals surface area contributed by atoms with Crippen LogP contribution < -0.4 is 4.90 Å². The van der Waals surface area contributed by atoms with Gasteiger partial charge in [-0.05, 0) is 24.3 Å². The summed E-state index contributed by atoms with van der Waals surface area (Å²) in [5, 5.41) is 10.1. The van der Waals surface area contributed by atoms with E-state index in [-0.39, 0.29) is 12.1 Å². The standard InChI is InChI=1S/C17H18ClN5O/c1-22-10-20-21-17(22)16-8-12(24-2)9-23(16)15-5-6-19-14-4-3-11(18)7-13(14)15/h3-7,10,12,16H,8-9H2,1-2H3/t12-,16+/m1/s1. The molecule has 3 heterocycles. The summed E-state index contributed by atoms with van der Waals surface area (Å²) in [6.45, 7) is 0.791. The summed E-state index contributed by atoms with van der Waals surface area (Å²) in [5.41, 5.74) is 2.02. The van der Waals surface area contributed by atoms with Crippen LogP contribution in [0.1, 0.15) is 18.3 Å². The first kappa shape index (κ1) is 15.4. The molecule has 0 spiro atoms. The maximum atomic E-state index is 6.22. The normalized spacial score (nSPS) is 20.9. The zero-order valence-corrected chi connectivity index (χ0v) is 14.3. The molecule has 1 fully saturated rings. The fourth-order valence-electron chi connectivity index (χ4n) is 3.43. The van der Waals surface area contributed by atoms with E-state index in [4.69, 9.17) is 16.3 Å². The average Bonchev–Trinajstić information content (AvgIpc) is 3.19. The van der Waals surface area contributed by atoms with Crippen LogP contribution in [0.25, 0.3) is 10.9 Å². The Morgan fingerprint density at radius 3 is 2.92 bits per heavy atom. The summed E-state index contributed by atoms with van der Waals surface area (Å²) in [7, 11) is 3.72. The summed E-state index contributed by atoms with van der Waals surface area (Å²) >= 11 is 6.22. The molecule has 0 radical (unpaired) electrons. The number of aryl methyl sites for hydroxylation is 1. The number of fused-ring (bicyclic) bond motifs is 1. The van der Waals surface area contributed by atoms with Gasteiger partial charge in [-0.15, -0.1) is 10.2 Å². The third kappa shape index (κ3) is 2.52. The lowest BCUT2D eigenvalue weighted by Gasteiger charge is -2.27. The fraction of sp³-hybridized carbons (Fsp3) is 0.353. The van der Waals surface area contributed by atoms with Gasteiger partial charge in [0.05, 0.1) is 17.7 Å². The molecule has 2 aromatic heterocycles. The summed E-state index contributed by atoms with van der Waals surface area (Å²) in [5.74, 6) is 0.932. The van der Waals surface area contributed by atoms with Crippen molar-refractivity contribution in [3.05, 3.63) is 47.6 Å². The molecule has 1 aliphatic rings. The van der Waals surface area contributed by atoms with Crippen molar-refractivity contribution in [2.24, 2.45) is 7.05 Å². The van der Waals surface area contributed by atoms with Crippen molar-refractivity contribution in [3.8, 4) is 0 Å². The zero-order chi connectivity index (χ0) is 16.7. The first-order chi connectivity index (χ1) is 11.7. The van der Waals surface area contributed by atoms with E-state index in [1.165, 1.54) is 0 Å². The Balaban J connectivity index is 1.84. The quantitative estimate of drug-likeness (QED) is 0.731. The average molecular weight is 344 g/mol. The number of ether oxygens (including phenoxy) is 1. The largest absolute Gasteiger partial charge is 0.380 e. The highest BCUT2D eigenvalue weighted by molar-refractivity contribution is 6.31. The molecule has 2 atom stereocenters. The van der Waals surface area contributed by atoms with Gasteiger partial charge in [0.15, 0.2) is 5.82 Å². The molecule has 6 nitrogen and oxygen atoms in total. The molecular weight excluding hydrogens is 326 g/mol. The highest BCUT2D eigenvalue weighted by Crippen LogP contribution is 2.39. The highest BCUT2D eigenvalue weighted by Gasteiger charge is 2.36. The Hall–Kier alpha value is -2.18. The van der Waals surface area contributed by atoms with Crippen LogP contribution in [-0.2, 0) is 11.8 Å². The molecule has 24 heavy (non-hydrogen) atoms. The van der Waals surface area contributed by atoms with Gasteiger partial charge in [-0.2, -0.15) is 0 Å². The minimum absolute atomic E-state index is 0.104. The number of nitrogens with zero attached hydrogens (tertiary/aromatic N) is 5. The van der Waals surface area contributed by atoms with Gasteiger partial charge in [0.2, 0.25) is 0 Å². The number of hydrogen-bond donors (Lipinski definition) is 0. The molecule has 1 aliphatic heterocycles. The van der Waals surface area contributed by atoms with E-state index >= 15 is 0 Å².